The van der Waals surface area contributed by atoms with Crippen LogP contribution in [0.15, 0.2) is 30.0 Å². The zero-order valence-corrected chi connectivity index (χ0v) is 10.5. The molecule has 0 saturated carbocycles. The van der Waals surface area contributed by atoms with E-state index in [4.69, 9.17) is 0 Å². The van der Waals surface area contributed by atoms with Gasteiger partial charge in [-0.2, -0.15) is 0 Å². The number of thiophene rings is 1. The summed E-state index contributed by atoms with van der Waals surface area (Å²) in [5.41, 5.74) is 1.24. The highest BCUT2D eigenvalue weighted by molar-refractivity contribution is 7.09. The van der Waals surface area contributed by atoms with Crippen molar-refractivity contribution in [3.05, 3.63) is 40.6 Å². The maximum absolute atomic E-state index is 4.18. The lowest BCUT2D eigenvalue weighted by atomic mass is 10.3. The van der Waals surface area contributed by atoms with Crippen LogP contribution in [0.2, 0.25) is 0 Å². The third kappa shape index (κ3) is 2.71. The van der Waals surface area contributed by atoms with E-state index in [-0.39, 0.29) is 0 Å². The van der Waals surface area contributed by atoms with E-state index in [1.165, 1.54) is 10.6 Å². The molecule has 2 rings (SSSR count). The predicted molar refractivity (Wildman–Crippen MR) is 67.5 cm³/mol. The minimum Gasteiger partial charge on any atom is -0.331 e. The van der Waals surface area contributed by atoms with Gasteiger partial charge < -0.3 is 9.88 Å². The molecule has 0 saturated heterocycles. The molecule has 0 bridgehead atoms. The molecular weight excluding hydrogens is 218 g/mol. The van der Waals surface area contributed by atoms with Gasteiger partial charge in [0.2, 0.25) is 0 Å². The number of nitrogens with zero attached hydrogens (tertiary/aromatic N) is 2. The molecule has 0 aliphatic carbocycles. The van der Waals surface area contributed by atoms with Crippen molar-refractivity contribution in [1.29, 1.82) is 0 Å². The molecule has 0 unspecified atom stereocenters. The number of imidazole rings is 1. The third-order valence-corrected chi connectivity index (χ3v) is 3.36. The van der Waals surface area contributed by atoms with Gasteiger partial charge in [-0.05, 0) is 25.3 Å². The van der Waals surface area contributed by atoms with Gasteiger partial charge in [-0.25, -0.2) is 4.98 Å². The minimum atomic E-state index is 0.473. The highest BCUT2D eigenvalue weighted by atomic mass is 32.1. The van der Waals surface area contributed by atoms with E-state index < -0.39 is 0 Å². The Kier molecular flexibility index (Phi) is 3.74. The van der Waals surface area contributed by atoms with E-state index in [2.05, 4.69) is 46.2 Å². The van der Waals surface area contributed by atoms with Gasteiger partial charge in [0, 0.05) is 30.2 Å². The predicted octanol–water partition coefficient (Wildman–Crippen LogP) is 2.82. The van der Waals surface area contributed by atoms with Crippen LogP contribution in [0.3, 0.4) is 0 Å². The van der Waals surface area contributed by atoms with Gasteiger partial charge in [-0.3, -0.25) is 0 Å². The Bertz CT molecular complexity index is 417. The Morgan fingerprint density at radius 1 is 1.44 bits per heavy atom. The molecule has 4 heteroatoms. The van der Waals surface area contributed by atoms with Crippen LogP contribution >= 0.6 is 11.3 Å². The Morgan fingerprint density at radius 3 is 3.00 bits per heavy atom. The zero-order chi connectivity index (χ0) is 11.4. The molecule has 16 heavy (non-hydrogen) atoms. The quantitative estimate of drug-likeness (QED) is 0.863. The second kappa shape index (κ2) is 5.27. The Labute approximate surface area is 100 Å². The van der Waals surface area contributed by atoms with Crippen molar-refractivity contribution < 1.29 is 0 Å². The first-order valence-corrected chi connectivity index (χ1v) is 6.39. The summed E-state index contributed by atoms with van der Waals surface area (Å²) in [7, 11) is 0. The summed E-state index contributed by atoms with van der Waals surface area (Å²) < 4.78 is 2.20. The SMILES string of the molecule is CC(C)n1cncc1CNCc1cccs1. The Morgan fingerprint density at radius 2 is 2.31 bits per heavy atom. The van der Waals surface area contributed by atoms with Crippen LogP contribution in [-0.4, -0.2) is 9.55 Å². The highest BCUT2D eigenvalue weighted by Gasteiger charge is 2.04. The molecule has 0 atom stereocenters. The summed E-state index contributed by atoms with van der Waals surface area (Å²) in [6.07, 6.45) is 3.83. The van der Waals surface area contributed by atoms with Gasteiger partial charge in [0.25, 0.3) is 0 Å². The van der Waals surface area contributed by atoms with Crippen LogP contribution in [0.25, 0.3) is 0 Å². The number of hydrogen-bond donors (Lipinski definition) is 1. The average molecular weight is 235 g/mol. The summed E-state index contributed by atoms with van der Waals surface area (Å²) in [5.74, 6) is 0. The van der Waals surface area contributed by atoms with Crippen molar-refractivity contribution in [2.45, 2.75) is 33.0 Å². The van der Waals surface area contributed by atoms with Crippen molar-refractivity contribution >= 4 is 11.3 Å². The smallest absolute Gasteiger partial charge is 0.0951 e. The number of nitrogens with one attached hydrogen (secondary N) is 1. The molecule has 86 valence electrons. The van der Waals surface area contributed by atoms with Crippen LogP contribution in [-0.2, 0) is 13.1 Å². The lowest BCUT2D eigenvalue weighted by Gasteiger charge is -2.11. The van der Waals surface area contributed by atoms with Crippen molar-refractivity contribution in [2.75, 3.05) is 0 Å². The fourth-order valence-corrected chi connectivity index (χ4v) is 2.34. The van der Waals surface area contributed by atoms with E-state index in [1.807, 2.05) is 12.5 Å². The summed E-state index contributed by atoms with van der Waals surface area (Å²) in [6.45, 7) is 6.14. The van der Waals surface area contributed by atoms with Crippen molar-refractivity contribution in [1.82, 2.24) is 14.9 Å². The highest BCUT2D eigenvalue weighted by Crippen LogP contribution is 2.10. The first kappa shape index (κ1) is 11.4. The molecule has 0 aromatic carbocycles. The van der Waals surface area contributed by atoms with E-state index in [9.17, 15) is 0 Å². The Balaban J connectivity index is 1.87. The maximum atomic E-state index is 4.18. The van der Waals surface area contributed by atoms with E-state index in [1.54, 1.807) is 11.3 Å². The fraction of sp³-hybridized carbons (Fsp3) is 0.417. The van der Waals surface area contributed by atoms with E-state index in [0.717, 1.165) is 13.1 Å². The first-order chi connectivity index (χ1) is 7.77. The number of aromatic nitrogens is 2. The molecule has 2 aromatic rings. The van der Waals surface area contributed by atoms with Crippen LogP contribution in [0, 0.1) is 0 Å². The van der Waals surface area contributed by atoms with Gasteiger partial charge in [0.15, 0.2) is 0 Å². The Hall–Kier alpha value is -1.13. The third-order valence-electron chi connectivity index (χ3n) is 2.49. The lowest BCUT2D eigenvalue weighted by Crippen LogP contribution is -2.15. The van der Waals surface area contributed by atoms with Crippen molar-refractivity contribution in [2.24, 2.45) is 0 Å². The maximum Gasteiger partial charge on any atom is 0.0951 e. The molecule has 2 aromatic heterocycles. The van der Waals surface area contributed by atoms with Crippen molar-refractivity contribution in [3.63, 3.8) is 0 Å². The summed E-state index contributed by atoms with van der Waals surface area (Å²) in [6, 6.07) is 4.71. The summed E-state index contributed by atoms with van der Waals surface area (Å²) in [4.78, 5) is 5.56. The van der Waals surface area contributed by atoms with Crippen LogP contribution in [0.4, 0.5) is 0 Å². The molecule has 2 heterocycles. The fourth-order valence-electron chi connectivity index (χ4n) is 1.66. The normalized spacial score (nSPS) is 11.2. The zero-order valence-electron chi connectivity index (χ0n) is 9.68. The van der Waals surface area contributed by atoms with Crippen LogP contribution in [0.5, 0.6) is 0 Å². The van der Waals surface area contributed by atoms with Crippen LogP contribution < -0.4 is 5.32 Å². The van der Waals surface area contributed by atoms with Gasteiger partial charge in [0.05, 0.1) is 12.0 Å². The molecule has 0 aliphatic rings. The molecule has 0 aliphatic heterocycles. The van der Waals surface area contributed by atoms with Crippen LogP contribution in [0.1, 0.15) is 30.5 Å². The largest absolute Gasteiger partial charge is 0.331 e. The van der Waals surface area contributed by atoms with Gasteiger partial charge in [-0.15, -0.1) is 11.3 Å². The minimum absolute atomic E-state index is 0.473. The average Bonchev–Trinajstić information content (AvgIpc) is 2.87. The second-order valence-corrected chi connectivity index (χ2v) is 5.10. The standard InChI is InChI=1S/C12H17N3S/c1-10(2)15-9-14-7-11(15)6-13-8-12-4-3-5-16-12/h3-5,7,9-10,13H,6,8H2,1-2H3. The topological polar surface area (TPSA) is 29.9 Å². The monoisotopic (exact) mass is 235 g/mol. The molecule has 0 radical (unpaired) electrons. The molecule has 1 N–H and O–H groups in total. The lowest BCUT2D eigenvalue weighted by molar-refractivity contribution is 0.551. The number of rotatable bonds is 5. The summed E-state index contributed by atoms with van der Waals surface area (Å²) >= 11 is 1.79. The van der Waals surface area contributed by atoms with E-state index in [0.29, 0.717) is 6.04 Å². The van der Waals surface area contributed by atoms with E-state index >= 15 is 0 Å². The molecule has 0 spiro atoms. The van der Waals surface area contributed by atoms with Crippen molar-refractivity contribution in [3.8, 4) is 0 Å². The summed E-state index contributed by atoms with van der Waals surface area (Å²) in [5, 5.41) is 5.54. The number of hydrogen-bond acceptors (Lipinski definition) is 3. The second-order valence-electron chi connectivity index (χ2n) is 4.07. The molecule has 0 fully saturated rings. The van der Waals surface area contributed by atoms with Gasteiger partial charge in [-0.1, -0.05) is 6.07 Å². The molecule has 3 nitrogen and oxygen atoms in total. The first-order valence-electron chi connectivity index (χ1n) is 5.51. The molecular formula is C12H17N3S. The molecule has 0 amide bonds. The van der Waals surface area contributed by atoms with Gasteiger partial charge >= 0.3 is 0 Å². The van der Waals surface area contributed by atoms with Gasteiger partial charge in [0.1, 0.15) is 0 Å².